The monoisotopic (exact) mass is 440 g/mol. The van der Waals surface area contributed by atoms with Gasteiger partial charge < -0.3 is 25.7 Å². The van der Waals surface area contributed by atoms with Crippen LogP contribution in [0.25, 0.3) is 0 Å². The Bertz CT molecular complexity index is 690. The van der Waals surface area contributed by atoms with E-state index in [0.717, 1.165) is 32.2 Å². The van der Waals surface area contributed by atoms with Gasteiger partial charge in [0.25, 0.3) is 0 Å². The molecule has 7 nitrogen and oxygen atoms in total. The van der Waals surface area contributed by atoms with Crippen LogP contribution in [-0.2, 0) is 17.6 Å². The minimum atomic E-state index is -0.721. The number of nitrogens with two attached hydrogens (primary N) is 2. The fraction of sp³-hybridized carbons (Fsp3) is 0.727. The van der Waals surface area contributed by atoms with Crippen LogP contribution in [0.4, 0.5) is 0 Å². The van der Waals surface area contributed by atoms with E-state index in [1.165, 1.54) is 20.3 Å². The number of piperidine rings is 1. The third-order valence-corrected chi connectivity index (χ3v) is 7.45. The van der Waals surface area contributed by atoms with Gasteiger partial charge in [0.2, 0.25) is 0 Å². The lowest BCUT2D eigenvalue weighted by Crippen LogP contribution is -2.46. The van der Waals surface area contributed by atoms with E-state index in [9.17, 15) is 10.2 Å². The molecule has 1 aliphatic rings. The zero-order chi connectivity index (χ0) is 22.3. The Kier molecular flexibility index (Phi) is 9.59. The first-order valence-corrected chi connectivity index (χ1v) is 11.7. The zero-order valence-corrected chi connectivity index (χ0v) is 19.7. The van der Waals surface area contributed by atoms with Crippen molar-refractivity contribution in [1.82, 2.24) is 9.91 Å². The molecule has 0 bridgehead atoms. The summed E-state index contributed by atoms with van der Waals surface area (Å²) in [7, 11) is 1.56. The highest BCUT2D eigenvalue weighted by Crippen LogP contribution is 2.37. The normalized spacial score (nSPS) is 22.8. The molecule has 1 aliphatic heterocycles. The molecule has 0 aliphatic carbocycles. The second kappa shape index (κ2) is 11.5. The van der Waals surface area contributed by atoms with Crippen LogP contribution in [0.1, 0.15) is 54.8 Å². The smallest absolute Gasteiger partial charge is 0.107 e. The van der Waals surface area contributed by atoms with Crippen molar-refractivity contribution in [2.45, 2.75) is 64.0 Å². The number of rotatable bonds is 11. The zero-order valence-electron chi connectivity index (χ0n) is 18.9. The van der Waals surface area contributed by atoms with Crippen molar-refractivity contribution in [2.75, 3.05) is 40.0 Å². The molecular weight excluding hydrogens is 400 g/mol. The molecule has 2 heterocycles. The van der Waals surface area contributed by atoms with Gasteiger partial charge in [0, 0.05) is 54.4 Å². The van der Waals surface area contributed by atoms with E-state index in [4.69, 9.17) is 16.3 Å². The standard InChI is InChI=1S/C22H40N4O3S/c1-5-19-11-20(21(30-19)7-9-27)17-6-8-25(16(2)10-17)12-18(23)13-26(24)14-22(3,15-28)29-4/h11,13,16-17,27-28H,5-10,12,14-15,23-24H2,1-4H3/b18-13-. The topological polar surface area (TPSA) is 108 Å². The summed E-state index contributed by atoms with van der Waals surface area (Å²) < 4.78 is 5.33. The Labute approximate surface area is 185 Å². The highest BCUT2D eigenvalue weighted by Gasteiger charge is 2.29. The summed E-state index contributed by atoms with van der Waals surface area (Å²) in [5.41, 5.74) is 7.69. The first kappa shape index (κ1) is 25.1. The lowest BCUT2D eigenvalue weighted by molar-refractivity contribution is -0.0522. The molecule has 1 aromatic heterocycles. The van der Waals surface area contributed by atoms with Crippen LogP contribution in [0.15, 0.2) is 18.0 Å². The van der Waals surface area contributed by atoms with Gasteiger partial charge in [-0.3, -0.25) is 4.90 Å². The quantitative estimate of drug-likeness (QED) is 0.307. The van der Waals surface area contributed by atoms with Gasteiger partial charge in [-0.2, -0.15) is 0 Å². The fourth-order valence-corrected chi connectivity index (χ4v) is 5.34. The largest absolute Gasteiger partial charge is 0.400 e. The van der Waals surface area contributed by atoms with E-state index < -0.39 is 5.60 Å². The maximum absolute atomic E-state index is 9.47. The maximum Gasteiger partial charge on any atom is 0.107 e. The number of likely N-dealkylation sites (tertiary alicyclic amines) is 1. The molecule has 3 unspecified atom stereocenters. The number of aliphatic hydroxyl groups excluding tert-OH is 2. The molecule has 0 amide bonds. The number of aliphatic hydroxyl groups is 2. The van der Waals surface area contributed by atoms with E-state index in [1.54, 1.807) is 13.3 Å². The Morgan fingerprint density at radius 1 is 1.47 bits per heavy atom. The van der Waals surface area contributed by atoms with Crippen LogP contribution < -0.4 is 11.6 Å². The molecule has 30 heavy (non-hydrogen) atoms. The van der Waals surface area contributed by atoms with E-state index in [-0.39, 0.29) is 13.2 Å². The van der Waals surface area contributed by atoms with Gasteiger partial charge in [-0.1, -0.05) is 6.92 Å². The van der Waals surface area contributed by atoms with Crippen molar-refractivity contribution in [1.29, 1.82) is 0 Å². The third kappa shape index (κ3) is 6.67. The summed E-state index contributed by atoms with van der Waals surface area (Å²) in [5.74, 6) is 6.60. The predicted molar refractivity (Wildman–Crippen MR) is 123 cm³/mol. The first-order chi connectivity index (χ1) is 14.2. The van der Waals surface area contributed by atoms with Gasteiger partial charge in [-0.05, 0) is 57.2 Å². The van der Waals surface area contributed by atoms with Crippen LogP contribution in [-0.4, -0.2) is 71.7 Å². The van der Waals surface area contributed by atoms with Gasteiger partial charge in [0.15, 0.2) is 0 Å². The summed E-state index contributed by atoms with van der Waals surface area (Å²) in [6, 6.07) is 2.77. The van der Waals surface area contributed by atoms with Crippen molar-refractivity contribution in [3.8, 4) is 0 Å². The molecule has 0 radical (unpaired) electrons. The molecule has 3 atom stereocenters. The molecule has 0 saturated carbocycles. The van der Waals surface area contributed by atoms with Crippen molar-refractivity contribution >= 4 is 11.3 Å². The summed E-state index contributed by atoms with van der Waals surface area (Å²) in [6.45, 7) is 8.34. The predicted octanol–water partition coefficient (Wildman–Crippen LogP) is 1.79. The second-order valence-corrected chi connectivity index (χ2v) is 9.87. The van der Waals surface area contributed by atoms with Gasteiger partial charge in [-0.25, -0.2) is 5.84 Å². The lowest BCUT2D eigenvalue weighted by Gasteiger charge is -2.38. The second-order valence-electron chi connectivity index (χ2n) is 8.65. The van der Waals surface area contributed by atoms with Crippen LogP contribution >= 0.6 is 11.3 Å². The number of aryl methyl sites for hydroxylation is 1. The summed E-state index contributed by atoms with van der Waals surface area (Å²) in [4.78, 5) is 5.16. The summed E-state index contributed by atoms with van der Waals surface area (Å²) in [6.07, 6.45) is 5.72. The van der Waals surface area contributed by atoms with Gasteiger partial charge in [0.1, 0.15) is 5.60 Å². The number of methoxy groups -OCH3 is 1. The van der Waals surface area contributed by atoms with Crippen molar-refractivity contribution < 1.29 is 14.9 Å². The Morgan fingerprint density at radius 3 is 2.77 bits per heavy atom. The SMILES string of the molecule is CCc1cc(C2CCN(C/C(N)=C/N(N)CC(C)(CO)OC)C(C)C2)c(CCO)s1. The van der Waals surface area contributed by atoms with Crippen LogP contribution in [0.3, 0.4) is 0 Å². The average molecular weight is 441 g/mol. The molecular formula is C22H40N4O3S. The molecule has 1 fully saturated rings. The van der Waals surface area contributed by atoms with Crippen LogP contribution in [0.5, 0.6) is 0 Å². The minimum Gasteiger partial charge on any atom is -0.400 e. The molecule has 6 N–H and O–H groups in total. The molecule has 2 rings (SSSR count). The van der Waals surface area contributed by atoms with E-state index in [2.05, 4.69) is 24.8 Å². The molecule has 0 spiro atoms. The van der Waals surface area contributed by atoms with Crippen molar-refractivity contribution in [2.24, 2.45) is 11.6 Å². The fourth-order valence-electron chi connectivity index (χ4n) is 4.15. The number of thiophene rings is 1. The molecule has 1 saturated heterocycles. The van der Waals surface area contributed by atoms with Crippen molar-refractivity contribution in [3.05, 3.63) is 33.3 Å². The van der Waals surface area contributed by atoms with E-state index >= 15 is 0 Å². The highest BCUT2D eigenvalue weighted by molar-refractivity contribution is 7.12. The van der Waals surface area contributed by atoms with Gasteiger partial charge in [-0.15, -0.1) is 11.3 Å². The van der Waals surface area contributed by atoms with Crippen molar-refractivity contribution in [3.63, 3.8) is 0 Å². The molecule has 172 valence electrons. The highest BCUT2D eigenvalue weighted by atomic mass is 32.1. The Balaban J connectivity index is 1.96. The summed E-state index contributed by atoms with van der Waals surface area (Å²) in [5, 5.41) is 20.4. The van der Waals surface area contributed by atoms with Gasteiger partial charge in [0.05, 0.1) is 13.2 Å². The van der Waals surface area contributed by atoms with E-state index in [1.807, 2.05) is 18.3 Å². The lowest BCUT2D eigenvalue weighted by atomic mass is 9.85. The third-order valence-electron chi connectivity index (χ3n) is 6.10. The number of ether oxygens (including phenoxy) is 1. The summed E-state index contributed by atoms with van der Waals surface area (Å²) >= 11 is 1.86. The van der Waals surface area contributed by atoms with Gasteiger partial charge >= 0.3 is 0 Å². The Morgan fingerprint density at radius 2 is 2.20 bits per heavy atom. The molecule has 0 aromatic carbocycles. The molecule has 1 aromatic rings. The van der Waals surface area contributed by atoms with Crippen LogP contribution in [0, 0.1) is 0 Å². The number of hydrazine groups is 1. The average Bonchev–Trinajstić information content (AvgIpc) is 3.12. The van der Waals surface area contributed by atoms with E-state index in [0.29, 0.717) is 30.7 Å². The molecule has 8 heteroatoms. The minimum absolute atomic E-state index is 0.115. The maximum atomic E-state index is 9.47. The number of hydrogen-bond donors (Lipinski definition) is 4. The number of hydrogen-bond acceptors (Lipinski definition) is 8. The van der Waals surface area contributed by atoms with Crippen LogP contribution in [0.2, 0.25) is 0 Å². The Hall–Kier alpha value is -1.16. The first-order valence-electron chi connectivity index (χ1n) is 10.8. The number of nitrogens with zero attached hydrogens (tertiary/aromatic N) is 2.